The number of likely N-dealkylation sites (N-methyl/N-ethyl adjacent to an activating group) is 2. The molecule has 2 aromatic carbocycles. The summed E-state index contributed by atoms with van der Waals surface area (Å²) < 4.78 is 5.09. The van der Waals surface area contributed by atoms with Crippen molar-refractivity contribution in [2.75, 3.05) is 39.1 Å². The van der Waals surface area contributed by atoms with Crippen LogP contribution in [0.1, 0.15) is 12.5 Å². The Hall–Kier alpha value is -2.86. The van der Waals surface area contributed by atoms with Crippen molar-refractivity contribution in [2.24, 2.45) is 0 Å². The summed E-state index contributed by atoms with van der Waals surface area (Å²) in [7, 11) is 3.36. The van der Waals surface area contributed by atoms with E-state index in [2.05, 4.69) is 5.32 Å². The Labute approximate surface area is 160 Å². The van der Waals surface area contributed by atoms with E-state index in [1.807, 2.05) is 37.3 Å². The second kappa shape index (κ2) is 10.3. The van der Waals surface area contributed by atoms with Crippen LogP contribution in [-0.4, -0.2) is 55.4 Å². The predicted octanol–water partition coefficient (Wildman–Crippen LogP) is 2.61. The van der Waals surface area contributed by atoms with E-state index in [1.165, 1.54) is 0 Å². The molecule has 0 aromatic heterocycles. The Morgan fingerprint density at radius 1 is 1.00 bits per heavy atom. The summed E-state index contributed by atoms with van der Waals surface area (Å²) in [5.41, 5.74) is 1.78. The zero-order valence-corrected chi connectivity index (χ0v) is 16.1. The molecule has 2 rings (SSSR count). The van der Waals surface area contributed by atoms with Gasteiger partial charge in [0.25, 0.3) is 0 Å². The molecule has 0 spiro atoms. The van der Waals surface area contributed by atoms with Gasteiger partial charge in [-0.2, -0.15) is 0 Å². The molecule has 0 radical (unpaired) electrons. The highest BCUT2D eigenvalue weighted by molar-refractivity contribution is 5.92. The third-order valence-corrected chi connectivity index (χ3v) is 4.14. The van der Waals surface area contributed by atoms with Crippen molar-refractivity contribution in [3.8, 4) is 5.75 Å². The Morgan fingerprint density at radius 3 is 2.26 bits per heavy atom. The fraction of sp³-hybridized carbons (Fsp3) is 0.333. The van der Waals surface area contributed by atoms with Crippen LogP contribution in [0, 0.1) is 0 Å². The number of amides is 2. The minimum absolute atomic E-state index is 0.00102. The second-order valence-corrected chi connectivity index (χ2v) is 6.34. The summed E-state index contributed by atoms with van der Waals surface area (Å²) in [5, 5.41) is 2.82. The van der Waals surface area contributed by atoms with Crippen LogP contribution in [-0.2, 0) is 16.1 Å². The fourth-order valence-electron chi connectivity index (χ4n) is 2.69. The average molecular weight is 369 g/mol. The monoisotopic (exact) mass is 369 g/mol. The van der Waals surface area contributed by atoms with E-state index in [1.54, 1.807) is 48.2 Å². The molecule has 0 atom stereocenters. The lowest BCUT2D eigenvalue weighted by Gasteiger charge is -2.24. The Morgan fingerprint density at radius 2 is 1.67 bits per heavy atom. The standard InChI is InChI=1S/C21H27N3O3/c1-4-24(14-17-8-6-5-7-9-17)21(26)16-23(2)15-20(25)22-18-10-12-19(27-3)13-11-18/h5-13H,4,14-16H2,1-3H3,(H,22,25). The molecule has 0 aliphatic heterocycles. The zero-order valence-electron chi connectivity index (χ0n) is 16.1. The number of benzene rings is 2. The minimum Gasteiger partial charge on any atom is -0.497 e. The summed E-state index contributed by atoms with van der Waals surface area (Å²) in [5.74, 6) is 0.566. The lowest BCUT2D eigenvalue weighted by Crippen LogP contribution is -2.41. The molecule has 2 amide bonds. The maximum Gasteiger partial charge on any atom is 0.238 e. The van der Waals surface area contributed by atoms with Crippen molar-refractivity contribution >= 4 is 17.5 Å². The van der Waals surface area contributed by atoms with Gasteiger partial charge >= 0.3 is 0 Å². The van der Waals surface area contributed by atoms with Crippen LogP contribution >= 0.6 is 0 Å². The van der Waals surface area contributed by atoms with E-state index in [0.717, 1.165) is 11.3 Å². The van der Waals surface area contributed by atoms with E-state index in [0.29, 0.717) is 18.8 Å². The van der Waals surface area contributed by atoms with Gasteiger partial charge in [-0.3, -0.25) is 14.5 Å². The van der Waals surface area contributed by atoms with Crippen LogP contribution in [0.15, 0.2) is 54.6 Å². The highest BCUT2D eigenvalue weighted by Crippen LogP contribution is 2.14. The molecule has 6 nitrogen and oxygen atoms in total. The molecule has 0 bridgehead atoms. The number of methoxy groups -OCH3 is 1. The van der Waals surface area contributed by atoms with Gasteiger partial charge in [-0.25, -0.2) is 0 Å². The van der Waals surface area contributed by atoms with Crippen molar-refractivity contribution in [1.29, 1.82) is 0 Å². The molecule has 0 unspecified atom stereocenters. The molecular weight excluding hydrogens is 342 g/mol. The Kier molecular flexibility index (Phi) is 7.82. The van der Waals surface area contributed by atoms with Crippen molar-refractivity contribution in [3.63, 3.8) is 0 Å². The number of anilines is 1. The molecule has 0 aliphatic carbocycles. The third kappa shape index (κ3) is 6.75. The number of carbonyl (C=O) groups is 2. The summed E-state index contributed by atoms with van der Waals surface area (Å²) in [6, 6.07) is 17.0. The van der Waals surface area contributed by atoms with E-state index < -0.39 is 0 Å². The van der Waals surface area contributed by atoms with Gasteiger partial charge < -0.3 is 15.0 Å². The number of carbonyl (C=O) groups excluding carboxylic acids is 2. The molecule has 0 fully saturated rings. The van der Waals surface area contributed by atoms with Gasteiger partial charge in [-0.1, -0.05) is 30.3 Å². The largest absolute Gasteiger partial charge is 0.497 e. The van der Waals surface area contributed by atoms with Gasteiger partial charge in [0.2, 0.25) is 11.8 Å². The smallest absolute Gasteiger partial charge is 0.238 e. The molecule has 27 heavy (non-hydrogen) atoms. The summed E-state index contributed by atoms with van der Waals surface area (Å²) in [6.45, 7) is 3.48. The lowest BCUT2D eigenvalue weighted by atomic mass is 10.2. The van der Waals surface area contributed by atoms with E-state index >= 15 is 0 Å². The quantitative estimate of drug-likeness (QED) is 0.738. The fourth-order valence-corrected chi connectivity index (χ4v) is 2.69. The number of hydrogen-bond acceptors (Lipinski definition) is 4. The van der Waals surface area contributed by atoms with Gasteiger partial charge in [0.05, 0.1) is 20.2 Å². The van der Waals surface area contributed by atoms with Crippen molar-refractivity contribution < 1.29 is 14.3 Å². The molecule has 1 N–H and O–H groups in total. The second-order valence-electron chi connectivity index (χ2n) is 6.34. The van der Waals surface area contributed by atoms with Crippen molar-refractivity contribution in [2.45, 2.75) is 13.5 Å². The van der Waals surface area contributed by atoms with Crippen molar-refractivity contribution in [3.05, 3.63) is 60.2 Å². The van der Waals surface area contributed by atoms with E-state index in [4.69, 9.17) is 4.74 Å². The van der Waals surface area contributed by atoms with Crippen LogP contribution in [0.5, 0.6) is 5.75 Å². The van der Waals surface area contributed by atoms with Gasteiger partial charge in [-0.05, 0) is 43.8 Å². The lowest BCUT2D eigenvalue weighted by molar-refractivity contribution is -0.132. The van der Waals surface area contributed by atoms with Crippen LogP contribution in [0.25, 0.3) is 0 Å². The van der Waals surface area contributed by atoms with Crippen LogP contribution in [0.4, 0.5) is 5.69 Å². The number of nitrogens with one attached hydrogen (secondary N) is 1. The minimum atomic E-state index is -0.165. The highest BCUT2D eigenvalue weighted by Gasteiger charge is 2.16. The van der Waals surface area contributed by atoms with Crippen molar-refractivity contribution in [1.82, 2.24) is 9.80 Å². The molecular formula is C21H27N3O3. The number of hydrogen-bond donors (Lipinski definition) is 1. The van der Waals surface area contributed by atoms with Gasteiger partial charge in [0.15, 0.2) is 0 Å². The maximum absolute atomic E-state index is 12.5. The summed E-state index contributed by atoms with van der Waals surface area (Å²) in [4.78, 5) is 28.2. The molecule has 0 saturated heterocycles. The Bertz CT molecular complexity index is 732. The van der Waals surface area contributed by atoms with E-state index in [9.17, 15) is 9.59 Å². The first-order valence-electron chi connectivity index (χ1n) is 8.96. The molecule has 2 aromatic rings. The molecule has 0 heterocycles. The normalized spacial score (nSPS) is 10.5. The molecule has 6 heteroatoms. The average Bonchev–Trinajstić information content (AvgIpc) is 2.67. The first-order valence-corrected chi connectivity index (χ1v) is 8.96. The van der Waals surface area contributed by atoms with Gasteiger partial charge in [0, 0.05) is 18.8 Å². The SMILES string of the molecule is CCN(Cc1ccccc1)C(=O)CN(C)CC(=O)Nc1ccc(OC)cc1. The topological polar surface area (TPSA) is 61.9 Å². The predicted molar refractivity (Wildman–Crippen MR) is 107 cm³/mol. The van der Waals surface area contributed by atoms with Gasteiger partial charge in [0.1, 0.15) is 5.75 Å². The summed E-state index contributed by atoms with van der Waals surface area (Å²) in [6.07, 6.45) is 0. The zero-order chi connectivity index (χ0) is 19.6. The number of ether oxygens (including phenoxy) is 1. The van der Waals surface area contributed by atoms with Crippen LogP contribution in [0.2, 0.25) is 0 Å². The molecule has 0 aliphatic rings. The number of nitrogens with zero attached hydrogens (tertiary/aromatic N) is 2. The Balaban J connectivity index is 1.82. The third-order valence-electron chi connectivity index (χ3n) is 4.14. The van der Waals surface area contributed by atoms with E-state index in [-0.39, 0.29) is 24.9 Å². The van der Waals surface area contributed by atoms with Crippen LogP contribution < -0.4 is 10.1 Å². The first kappa shape index (κ1) is 20.5. The molecule has 0 saturated carbocycles. The number of rotatable bonds is 9. The molecule has 144 valence electrons. The first-order chi connectivity index (χ1) is 13.0. The maximum atomic E-state index is 12.5. The van der Waals surface area contributed by atoms with Gasteiger partial charge in [-0.15, -0.1) is 0 Å². The van der Waals surface area contributed by atoms with Crippen LogP contribution in [0.3, 0.4) is 0 Å². The summed E-state index contributed by atoms with van der Waals surface area (Å²) >= 11 is 0. The highest BCUT2D eigenvalue weighted by atomic mass is 16.5.